The summed E-state index contributed by atoms with van der Waals surface area (Å²) in [5, 5.41) is 3.93. The van der Waals surface area contributed by atoms with Crippen LogP contribution in [0.4, 0.5) is 11.4 Å². The summed E-state index contributed by atoms with van der Waals surface area (Å²) in [5.74, 6) is 0.363. The number of anilines is 1. The van der Waals surface area contributed by atoms with Crippen LogP contribution in [0.3, 0.4) is 0 Å². The largest absolute Gasteiger partial charge is 0.545 e. The van der Waals surface area contributed by atoms with E-state index in [0.717, 1.165) is 5.69 Å². The maximum Gasteiger partial charge on any atom is 0.545 e. The Morgan fingerprint density at radius 1 is 1.07 bits per heavy atom. The summed E-state index contributed by atoms with van der Waals surface area (Å²) in [6, 6.07) is 7.09. The van der Waals surface area contributed by atoms with Crippen LogP contribution in [0, 0.1) is 0 Å². The number of nitrogen functional groups attached to an aromatic ring is 1. The van der Waals surface area contributed by atoms with E-state index in [-0.39, 0.29) is 0 Å². The third-order valence-corrected chi connectivity index (χ3v) is 1.59. The van der Waals surface area contributed by atoms with E-state index in [9.17, 15) is 0 Å². The molecule has 0 fully saturated rings. The smallest absolute Gasteiger partial charge is 0.399 e. The van der Waals surface area contributed by atoms with Crippen molar-refractivity contribution in [1.82, 2.24) is 0 Å². The Kier molecular flexibility index (Phi) is 2.17. The monoisotopic (exact) mass is 186 g/mol. The summed E-state index contributed by atoms with van der Waals surface area (Å²) >= 11 is 0. The first-order chi connectivity index (χ1) is 6.84. The lowest BCUT2D eigenvalue weighted by Crippen LogP contribution is -1.84. The van der Waals surface area contributed by atoms with Crippen molar-refractivity contribution in [2.45, 2.75) is 0 Å². The van der Waals surface area contributed by atoms with Gasteiger partial charge < -0.3 is 5.73 Å². The zero-order chi connectivity index (χ0) is 9.80. The maximum absolute atomic E-state index is 5.52. The van der Waals surface area contributed by atoms with Crippen molar-refractivity contribution in [1.29, 1.82) is 0 Å². The molecule has 0 saturated heterocycles. The lowest BCUT2D eigenvalue weighted by molar-refractivity contribution is -0.0797. The molecule has 0 spiro atoms. The number of rotatable bonds is 1. The fourth-order valence-electron chi connectivity index (χ4n) is 0.928. The Hall–Kier alpha value is -2.26. The highest BCUT2D eigenvalue weighted by atomic mass is 15.2. The Balaban J connectivity index is 2.26. The number of hydrogen-bond donors (Lipinski definition) is 1. The molecular weight excluding hydrogens is 178 g/mol. The molecule has 0 amide bonds. The number of hydrogen-bond acceptors (Lipinski definition) is 2. The molecule has 0 bridgehead atoms. The van der Waals surface area contributed by atoms with E-state index < -0.39 is 0 Å². The van der Waals surface area contributed by atoms with Crippen LogP contribution in [0.25, 0.3) is 0 Å². The molecule has 1 aromatic carbocycles. The first-order valence-corrected chi connectivity index (χ1v) is 4.05. The standard InChI is InChI=1S/C9H7N5/c10-7-1-3-8(4-2-7)13-14-9-11-5-6-12-9/h1-6,10H/p+1. The number of guanidine groups is 1. The summed E-state index contributed by atoms with van der Waals surface area (Å²) in [6.07, 6.45) is 3.13. The van der Waals surface area contributed by atoms with Gasteiger partial charge in [-0.2, -0.15) is 0 Å². The van der Waals surface area contributed by atoms with Gasteiger partial charge in [0.15, 0.2) is 0 Å². The normalized spacial score (nSPS) is 13.0. The Morgan fingerprint density at radius 2 is 1.71 bits per heavy atom. The topological polar surface area (TPSA) is 77.2 Å². The molecule has 68 valence electrons. The zero-order valence-electron chi connectivity index (χ0n) is 7.33. The molecular formula is C9H8N5+. The first-order valence-electron chi connectivity index (χ1n) is 4.05. The van der Waals surface area contributed by atoms with Crippen LogP contribution in [0.2, 0.25) is 0 Å². The van der Waals surface area contributed by atoms with Gasteiger partial charge in [-0.05, 0) is 29.4 Å². The molecule has 0 aromatic heterocycles. The zero-order valence-corrected chi connectivity index (χ0v) is 7.33. The van der Waals surface area contributed by atoms with Crippen molar-refractivity contribution in [2.75, 3.05) is 5.73 Å². The fraction of sp³-hybridized carbons (Fsp3) is 0. The number of benzene rings is 1. The summed E-state index contributed by atoms with van der Waals surface area (Å²) in [7, 11) is 0. The third-order valence-electron chi connectivity index (χ3n) is 1.59. The predicted octanol–water partition coefficient (Wildman–Crippen LogP) is 1.07. The molecule has 2 rings (SSSR count). The van der Waals surface area contributed by atoms with Gasteiger partial charge >= 0.3 is 5.96 Å². The second kappa shape index (κ2) is 3.64. The molecule has 1 aliphatic heterocycles. The van der Waals surface area contributed by atoms with Crippen molar-refractivity contribution in [3.63, 3.8) is 0 Å². The van der Waals surface area contributed by atoms with E-state index in [2.05, 4.69) is 19.9 Å². The van der Waals surface area contributed by atoms with Crippen molar-refractivity contribution in [3.8, 4) is 0 Å². The van der Waals surface area contributed by atoms with Crippen molar-refractivity contribution in [3.05, 3.63) is 24.3 Å². The van der Waals surface area contributed by atoms with Crippen molar-refractivity contribution < 1.29 is 4.79 Å². The Labute approximate surface area is 80.4 Å². The SMILES string of the molecule is Nc1ccc(N=[N+]=C2N=CC=N2)cc1. The molecule has 1 aromatic rings. The van der Waals surface area contributed by atoms with Crippen LogP contribution in [0.5, 0.6) is 0 Å². The molecule has 0 radical (unpaired) electrons. The Morgan fingerprint density at radius 3 is 2.36 bits per heavy atom. The molecule has 14 heavy (non-hydrogen) atoms. The molecule has 5 heteroatoms. The predicted molar refractivity (Wildman–Crippen MR) is 55.2 cm³/mol. The van der Waals surface area contributed by atoms with E-state index in [1.807, 2.05) is 0 Å². The maximum atomic E-state index is 5.52. The van der Waals surface area contributed by atoms with Crippen LogP contribution in [-0.2, 0) is 0 Å². The van der Waals surface area contributed by atoms with Crippen molar-refractivity contribution in [2.24, 2.45) is 15.1 Å². The number of aliphatic imine (C=N–C) groups is 2. The van der Waals surface area contributed by atoms with Gasteiger partial charge in [0.1, 0.15) is 18.1 Å². The lowest BCUT2D eigenvalue weighted by atomic mass is 10.3. The van der Waals surface area contributed by atoms with E-state index in [4.69, 9.17) is 5.73 Å². The molecule has 0 aliphatic carbocycles. The minimum Gasteiger partial charge on any atom is -0.399 e. The highest BCUT2D eigenvalue weighted by Crippen LogP contribution is 2.12. The highest BCUT2D eigenvalue weighted by Gasteiger charge is 2.08. The van der Waals surface area contributed by atoms with E-state index in [1.165, 1.54) is 0 Å². The summed E-state index contributed by atoms with van der Waals surface area (Å²) < 4.78 is 0. The van der Waals surface area contributed by atoms with Gasteiger partial charge in [0, 0.05) is 5.69 Å². The van der Waals surface area contributed by atoms with Gasteiger partial charge in [0.2, 0.25) is 0 Å². The minimum absolute atomic E-state index is 0.363. The fourth-order valence-corrected chi connectivity index (χ4v) is 0.928. The van der Waals surface area contributed by atoms with Crippen LogP contribution < -0.4 is 5.73 Å². The Bertz CT molecular complexity index is 435. The van der Waals surface area contributed by atoms with E-state index in [0.29, 0.717) is 11.6 Å². The summed E-state index contributed by atoms with van der Waals surface area (Å²) in [5.41, 5.74) is 6.95. The molecule has 5 nitrogen and oxygen atoms in total. The average molecular weight is 186 g/mol. The number of nitrogens with two attached hydrogens (primary N) is 1. The van der Waals surface area contributed by atoms with Crippen LogP contribution in [-0.4, -0.2) is 23.2 Å². The molecule has 0 atom stereocenters. The van der Waals surface area contributed by atoms with Crippen LogP contribution in [0.1, 0.15) is 0 Å². The van der Waals surface area contributed by atoms with Gasteiger partial charge in [-0.3, -0.25) is 0 Å². The molecule has 2 N–H and O–H groups in total. The third kappa shape index (κ3) is 1.91. The quantitative estimate of drug-likeness (QED) is 0.397. The van der Waals surface area contributed by atoms with Gasteiger partial charge in [-0.1, -0.05) is 9.98 Å². The molecule has 0 saturated carbocycles. The van der Waals surface area contributed by atoms with E-state index in [1.54, 1.807) is 36.7 Å². The van der Waals surface area contributed by atoms with Crippen molar-refractivity contribution >= 4 is 29.8 Å². The van der Waals surface area contributed by atoms with Gasteiger partial charge in [-0.15, -0.1) is 4.79 Å². The van der Waals surface area contributed by atoms with E-state index >= 15 is 0 Å². The van der Waals surface area contributed by atoms with Gasteiger partial charge in [0.05, 0.1) is 0 Å². The first kappa shape index (κ1) is 8.34. The number of nitrogens with zero attached hydrogens (tertiary/aromatic N) is 4. The second-order valence-electron chi connectivity index (χ2n) is 2.65. The summed E-state index contributed by atoms with van der Waals surface area (Å²) in [6.45, 7) is 0. The second-order valence-corrected chi connectivity index (χ2v) is 2.65. The average Bonchev–Trinajstić information content (AvgIpc) is 2.70. The van der Waals surface area contributed by atoms with Crippen LogP contribution in [0.15, 0.2) is 39.4 Å². The highest BCUT2D eigenvalue weighted by molar-refractivity contribution is 6.25. The van der Waals surface area contributed by atoms with Gasteiger partial charge in [0.25, 0.3) is 0 Å². The summed E-state index contributed by atoms with van der Waals surface area (Å²) in [4.78, 5) is 11.5. The van der Waals surface area contributed by atoms with Crippen LogP contribution >= 0.6 is 0 Å². The van der Waals surface area contributed by atoms with Gasteiger partial charge in [-0.25, -0.2) is 0 Å². The lowest BCUT2D eigenvalue weighted by Gasteiger charge is -1.88. The molecule has 1 aliphatic rings. The molecule has 1 heterocycles. The minimum atomic E-state index is 0.363. The molecule has 0 unspecified atom stereocenters.